The molecular formula is C12H23N3S. The predicted molar refractivity (Wildman–Crippen MR) is 71.0 cm³/mol. The molecule has 92 valence electrons. The Bertz CT molecular complexity index is 307. The van der Waals surface area contributed by atoms with Crippen molar-refractivity contribution in [1.82, 2.24) is 10.2 Å². The van der Waals surface area contributed by atoms with E-state index in [0.717, 1.165) is 23.0 Å². The molecule has 1 heterocycles. The molecule has 0 amide bonds. The molecule has 0 aliphatic heterocycles. The second-order valence-corrected chi connectivity index (χ2v) is 6.06. The molecule has 4 heteroatoms. The molecule has 1 rings (SSSR count). The van der Waals surface area contributed by atoms with Crippen molar-refractivity contribution < 1.29 is 0 Å². The first kappa shape index (κ1) is 13.4. The summed E-state index contributed by atoms with van der Waals surface area (Å²) in [5.41, 5.74) is 0. The van der Waals surface area contributed by atoms with Gasteiger partial charge in [-0.1, -0.05) is 46.0 Å². The lowest BCUT2D eigenvalue weighted by Crippen LogP contribution is -2.24. The number of nitrogens with one attached hydrogen (secondary N) is 1. The highest BCUT2D eigenvalue weighted by molar-refractivity contribution is 7.15. The molecule has 0 aliphatic rings. The summed E-state index contributed by atoms with van der Waals surface area (Å²) in [4.78, 5) is 0. The minimum atomic E-state index is 0.500. The first-order chi connectivity index (χ1) is 7.52. The zero-order valence-corrected chi connectivity index (χ0v) is 11.8. The van der Waals surface area contributed by atoms with Crippen LogP contribution in [0.25, 0.3) is 0 Å². The average molecular weight is 241 g/mol. The molecule has 0 fully saturated rings. The van der Waals surface area contributed by atoms with E-state index >= 15 is 0 Å². The standard InChI is InChI=1S/C12H23N3S/c1-6-10(9(4)5)13-12-15-14-11(16-12)7-8(2)3/h8-10H,6-7H2,1-5H3,(H,13,15). The van der Waals surface area contributed by atoms with Gasteiger partial charge in [-0.2, -0.15) is 0 Å². The van der Waals surface area contributed by atoms with Gasteiger partial charge >= 0.3 is 0 Å². The second-order valence-electron chi connectivity index (χ2n) is 5.00. The molecule has 0 saturated carbocycles. The topological polar surface area (TPSA) is 37.8 Å². The van der Waals surface area contributed by atoms with Crippen LogP contribution in [-0.2, 0) is 6.42 Å². The Morgan fingerprint density at radius 1 is 1.19 bits per heavy atom. The summed E-state index contributed by atoms with van der Waals surface area (Å²) in [6, 6.07) is 0.500. The van der Waals surface area contributed by atoms with Crippen molar-refractivity contribution in [2.45, 2.75) is 53.5 Å². The fourth-order valence-electron chi connectivity index (χ4n) is 1.64. The number of rotatable bonds is 6. The van der Waals surface area contributed by atoms with Crippen molar-refractivity contribution in [3.63, 3.8) is 0 Å². The van der Waals surface area contributed by atoms with Crippen molar-refractivity contribution in [3.8, 4) is 0 Å². The minimum Gasteiger partial charge on any atom is -0.357 e. The molecule has 1 unspecified atom stereocenters. The maximum Gasteiger partial charge on any atom is 0.205 e. The van der Waals surface area contributed by atoms with Gasteiger partial charge in [0.25, 0.3) is 0 Å². The molecule has 3 nitrogen and oxygen atoms in total. The molecule has 16 heavy (non-hydrogen) atoms. The Kier molecular flexibility index (Phi) is 5.19. The molecule has 0 aliphatic carbocycles. The number of hydrogen-bond donors (Lipinski definition) is 1. The monoisotopic (exact) mass is 241 g/mol. The molecule has 0 saturated heterocycles. The van der Waals surface area contributed by atoms with Crippen molar-refractivity contribution in [2.75, 3.05) is 5.32 Å². The highest BCUT2D eigenvalue weighted by Crippen LogP contribution is 2.21. The van der Waals surface area contributed by atoms with E-state index in [4.69, 9.17) is 0 Å². The van der Waals surface area contributed by atoms with Gasteiger partial charge in [-0.05, 0) is 18.3 Å². The maximum atomic E-state index is 4.21. The molecule has 0 radical (unpaired) electrons. The predicted octanol–water partition coefficient (Wildman–Crippen LogP) is 3.58. The molecule has 1 aromatic rings. The van der Waals surface area contributed by atoms with E-state index in [2.05, 4.69) is 50.1 Å². The van der Waals surface area contributed by atoms with E-state index in [1.54, 1.807) is 11.3 Å². The minimum absolute atomic E-state index is 0.500. The molecule has 0 spiro atoms. The normalized spacial score (nSPS) is 13.4. The second kappa shape index (κ2) is 6.18. The SMILES string of the molecule is CCC(Nc1nnc(CC(C)C)s1)C(C)C. The Hall–Kier alpha value is -0.640. The van der Waals surface area contributed by atoms with Crippen LogP contribution in [0, 0.1) is 11.8 Å². The lowest BCUT2D eigenvalue weighted by Gasteiger charge is -2.19. The van der Waals surface area contributed by atoms with E-state index in [9.17, 15) is 0 Å². The molecule has 0 aromatic carbocycles. The Morgan fingerprint density at radius 3 is 2.38 bits per heavy atom. The first-order valence-electron chi connectivity index (χ1n) is 6.11. The van der Waals surface area contributed by atoms with E-state index in [0.29, 0.717) is 17.9 Å². The van der Waals surface area contributed by atoms with Crippen LogP contribution < -0.4 is 5.32 Å². The quantitative estimate of drug-likeness (QED) is 0.827. The fourth-order valence-corrected chi connectivity index (χ4v) is 2.66. The third-order valence-corrected chi connectivity index (χ3v) is 3.48. The highest BCUT2D eigenvalue weighted by atomic mass is 32.1. The third kappa shape index (κ3) is 4.08. The smallest absolute Gasteiger partial charge is 0.205 e. The van der Waals surface area contributed by atoms with Crippen molar-refractivity contribution in [2.24, 2.45) is 11.8 Å². The Labute approximate surface area is 103 Å². The number of hydrogen-bond acceptors (Lipinski definition) is 4. The van der Waals surface area contributed by atoms with Crippen LogP contribution in [-0.4, -0.2) is 16.2 Å². The van der Waals surface area contributed by atoms with Crippen molar-refractivity contribution in [3.05, 3.63) is 5.01 Å². The summed E-state index contributed by atoms with van der Waals surface area (Å²) < 4.78 is 0. The van der Waals surface area contributed by atoms with Gasteiger partial charge < -0.3 is 5.32 Å². The van der Waals surface area contributed by atoms with E-state index in [-0.39, 0.29) is 0 Å². The van der Waals surface area contributed by atoms with Gasteiger partial charge in [0.2, 0.25) is 5.13 Å². The van der Waals surface area contributed by atoms with Crippen LogP contribution in [0.2, 0.25) is 0 Å². The molecule has 1 atom stereocenters. The molecule has 1 aromatic heterocycles. The maximum absolute atomic E-state index is 4.21. The fraction of sp³-hybridized carbons (Fsp3) is 0.833. The van der Waals surface area contributed by atoms with Gasteiger partial charge in [-0.3, -0.25) is 0 Å². The van der Waals surface area contributed by atoms with Crippen LogP contribution in [0.15, 0.2) is 0 Å². The zero-order valence-electron chi connectivity index (χ0n) is 10.9. The number of nitrogens with zero attached hydrogens (tertiary/aromatic N) is 2. The van der Waals surface area contributed by atoms with Crippen LogP contribution in [0.3, 0.4) is 0 Å². The van der Waals surface area contributed by atoms with Crippen molar-refractivity contribution in [1.29, 1.82) is 0 Å². The van der Waals surface area contributed by atoms with E-state index in [1.807, 2.05) is 0 Å². The molecular weight excluding hydrogens is 218 g/mol. The summed E-state index contributed by atoms with van der Waals surface area (Å²) in [6.07, 6.45) is 2.15. The van der Waals surface area contributed by atoms with Crippen LogP contribution in [0.1, 0.15) is 46.0 Å². The van der Waals surface area contributed by atoms with Gasteiger partial charge in [0.15, 0.2) is 0 Å². The molecule has 1 N–H and O–H groups in total. The van der Waals surface area contributed by atoms with Crippen LogP contribution >= 0.6 is 11.3 Å². The van der Waals surface area contributed by atoms with Gasteiger partial charge in [-0.15, -0.1) is 10.2 Å². The average Bonchev–Trinajstić information content (AvgIpc) is 2.60. The largest absolute Gasteiger partial charge is 0.357 e. The zero-order chi connectivity index (χ0) is 12.1. The van der Waals surface area contributed by atoms with Crippen LogP contribution in [0.5, 0.6) is 0 Å². The highest BCUT2D eigenvalue weighted by Gasteiger charge is 2.13. The number of aromatic nitrogens is 2. The summed E-state index contributed by atoms with van der Waals surface area (Å²) >= 11 is 1.69. The van der Waals surface area contributed by atoms with Crippen molar-refractivity contribution >= 4 is 16.5 Å². The summed E-state index contributed by atoms with van der Waals surface area (Å²) in [7, 11) is 0. The lowest BCUT2D eigenvalue weighted by molar-refractivity contribution is 0.510. The summed E-state index contributed by atoms with van der Waals surface area (Å²) in [6.45, 7) is 11.1. The Balaban J connectivity index is 2.57. The Morgan fingerprint density at radius 2 is 1.88 bits per heavy atom. The van der Waals surface area contributed by atoms with Crippen LogP contribution in [0.4, 0.5) is 5.13 Å². The lowest BCUT2D eigenvalue weighted by atomic mass is 10.0. The number of anilines is 1. The summed E-state index contributed by atoms with van der Waals surface area (Å²) in [5.74, 6) is 1.27. The van der Waals surface area contributed by atoms with Gasteiger partial charge in [0.1, 0.15) is 5.01 Å². The van der Waals surface area contributed by atoms with Gasteiger partial charge in [0.05, 0.1) is 0 Å². The third-order valence-electron chi connectivity index (χ3n) is 2.60. The first-order valence-corrected chi connectivity index (χ1v) is 6.93. The van der Waals surface area contributed by atoms with E-state index < -0.39 is 0 Å². The molecule has 0 bridgehead atoms. The van der Waals surface area contributed by atoms with Gasteiger partial charge in [-0.25, -0.2) is 0 Å². The van der Waals surface area contributed by atoms with E-state index in [1.165, 1.54) is 0 Å². The summed E-state index contributed by atoms with van der Waals surface area (Å²) in [5, 5.41) is 14.0. The van der Waals surface area contributed by atoms with Gasteiger partial charge in [0, 0.05) is 12.5 Å².